The number of ether oxygens (including phenoxy) is 2. The summed E-state index contributed by atoms with van der Waals surface area (Å²) in [6.07, 6.45) is 2.15. The lowest BCUT2D eigenvalue weighted by atomic mass is 9.99. The summed E-state index contributed by atoms with van der Waals surface area (Å²) in [7, 11) is -2.79. The van der Waals surface area contributed by atoms with Crippen LogP contribution in [0.4, 0.5) is 0 Å². The average Bonchev–Trinajstić information content (AvgIpc) is 2.70. The van der Waals surface area contributed by atoms with E-state index in [9.17, 15) is 8.42 Å². The Labute approximate surface area is 102 Å². The molecule has 0 aliphatic carbocycles. The van der Waals surface area contributed by atoms with E-state index >= 15 is 0 Å². The van der Waals surface area contributed by atoms with Gasteiger partial charge in [0.15, 0.2) is 6.29 Å². The molecule has 5 nitrogen and oxygen atoms in total. The molecule has 0 N–H and O–H groups in total. The molecule has 0 aromatic carbocycles. The summed E-state index contributed by atoms with van der Waals surface area (Å²) < 4.78 is 33.6. The Bertz CT molecular complexity index is 386. The maximum Gasteiger partial charge on any atom is 0.158 e. The van der Waals surface area contributed by atoms with E-state index in [2.05, 4.69) is 6.07 Å². The molecule has 2 saturated heterocycles. The molecule has 2 atom stereocenters. The lowest BCUT2D eigenvalue weighted by Gasteiger charge is -2.23. The van der Waals surface area contributed by atoms with E-state index in [4.69, 9.17) is 14.7 Å². The Morgan fingerprint density at radius 3 is 2.65 bits per heavy atom. The Hall–Kier alpha value is -0.640. The Morgan fingerprint density at radius 2 is 2.00 bits per heavy atom. The Balaban J connectivity index is 1.74. The van der Waals surface area contributed by atoms with Gasteiger partial charge >= 0.3 is 0 Å². The van der Waals surface area contributed by atoms with Gasteiger partial charge in [0.25, 0.3) is 0 Å². The zero-order valence-electron chi connectivity index (χ0n) is 9.67. The van der Waals surface area contributed by atoms with Crippen LogP contribution in [0.1, 0.15) is 25.7 Å². The second-order valence-corrected chi connectivity index (χ2v) is 7.02. The Morgan fingerprint density at radius 1 is 1.29 bits per heavy atom. The van der Waals surface area contributed by atoms with Gasteiger partial charge in [0, 0.05) is 6.42 Å². The van der Waals surface area contributed by atoms with Crippen LogP contribution in [0.2, 0.25) is 0 Å². The zero-order chi connectivity index (χ0) is 12.3. The number of sulfone groups is 1. The highest BCUT2D eigenvalue weighted by Crippen LogP contribution is 2.27. The largest absolute Gasteiger partial charge is 0.350 e. The van der Waals surface area contributed by atoms with Crippen molar-refractivity contribution >= 4 is 9.84 Å². The summed E-state index contributed by atoms with van der Waals surface area (Å²) in [5.41, 5.74) is 0. The van der Waals surface area contributed by atoms with E-state index in [1.807, 2.05) is 0 Å². The molecule has 2 aliphatic heterocycles. The summed E-state index contributed by atoms with van der Waals surface area (Å²) in [6, 6.07) is 2.06. The third kappa shape index (κ3) is 3.66. The molecule has 2 rings (SSSR count). The van der Waals surface area contributed by atoms with Crippen molar-refractivity contribution in [3.63, 3.8) is 0 Å². The standard InChI is InChI=1S/C11H17NO4S/c12-4-1-10-8-15-11(16-10)7-9-2-5-17(13,14)6-3-9/h9-11H,1-3,5-8H2. The molecule has 0 saturated carbocycles. The van der Waals surface area contributed by atoms with Crippen molar-refractivity contribution in [3.8, 4) is 6.07 Å². The molecule has 0 aromatic heterocycles. The van der Waals surface area contributed by atoms with Gasteiger partial charge in [0.05, 0.1) is 36.7 Å². The van der Waals surface area contributed by atoms with Gasteiger partial charge in [-0.05, 0) is 18.8 Å². The SMILES string of the molecule is N#CCC1COC(CC2CCS(=O)(=O)CC2)O1. The molecule has 0 radical (unpaired) electrons. The van der Waals surface area contributed by atoms with Crippen LogP contribution in [0, 0.1) is 17.2 Å². The number of nitriles is 1. The minimum absolute atomic E-state index is 0.114. The maximum absolute atomic E-state index is 11.3. The van der Waals surface area contributed by atoms with Crippen LogP contribution in [0.3, 0.4) is 0 Å². The second kappa shape index (κ2) is 5.34. The third-order valence-corrected chi connectivity index (χ3v) is 5.05. The van der Waals surface area contributed by atoms with Crippen LogP contribution < -0.4 is 0 Å². The normalized spacial score (nSPS) is 33.4. The fourth-order valence-electron chi connectivity index (χ4n) is 2.29. The highest BCUT2D eigenvalue weighted by atomic mass is 32.2. The second-order valence-electron chi connectivity index (χ2n) is 4.71. The molecule has 96 valence electrons. The van der Waals surface area contributed by atoms with Crippen molar-refractivity contribution in [3.05, 3.63) is 0 Å². The molecule has 0 bridgehead atoms. The van der Waals surface area contributed by atoms with Crippen LogP contribution in [0.25, 0.3) is 0 Å². The minimum atomic E-state index is -2.79. The minimum Gasteiger partial charge on any atom is -0.350 e. The first-order valence-electron chi connectivity index (χ1n) is 5.93. The van der Waals surface area contributed by atoms with Crippen LogP contribution in [-0.4, -0.2) is 38.9 Å². The lowest BCUT2D eigenvalue weighted by Crippen LogP contribution is -2.26. The molecule has 2 aliphatic rings. The van der Waals surface area contributed by atoms with E-state index in [-0.39, 0.29) is 23.9 Å². The molecular formula is C11H17NO4S. The van der Waals surface area contributed by atoms with E-state index < -0.39 is 9.84 Å². The van der Waals surface area contributed by atoms with Gasteiger partial charge in [0.1, 0.15) is 9.84 Å². The van der Waals surface area contributed by atoms with Gasteiger partial charge in [-0.15, -0.1) is 0 Å². The van der Waals surface area contributed by atoms with Gasteiger partial charge in [-0.2, -0.15) is 5.26 Å². The first kappa shape index (κ1) is 12.8. The predicted octanol–water partition coefficient (Wildman–Crippen LogP) is 0.856. The van der Waals surface area contributed by atoms with Crippen molar-refractivity contribution in [2.45, 2.75) is 38.1 Å². The molecule has 2 heterocycles. The molecule has 0 aromatic rings. The molecule has 17 heavy (non-hydrogen) atoms. The van der Waals surface area contributed by atoms with Crippen molar-refractivity contribution < 1.29 is 17.9 Å². The molecular weight excluding hydrogens is 242 g/mol. The summed E-state index contributed by atoms with van der Waals surface area (Å²) in [6.45, 7) is 0.475. The van der Waals surface area contributed by atoms with Crippen molar-refractivity contribution in [2.75, 3.05) is 18.1 Å². The fraction of sp³-hybridized carbons (Fsp3) is 0.909. The third-order valence-electron chi connectivity index (χ3n) is 3.33. The van der Waals surface area contributed by atoms with Crippen LogP contribution >= 0.6 is 0 Å². The summed E-state index contributed by atoms with van der Waals surface area (Å²) >= 11 is 0. The predicted molar refractivity (Wildman–Crippen MR) is 60.8 cm³/mol. The topological polar surface area (TPSA) is 76.4 Å². The molecule has 2 unspecified atom stereocenters. The molecule has 6 heteroatoms. The monoisotopic (exact) mass is 259 g/mol. The first-order valence-corrected chi connectivity index (χ1v) is 7.75. The fourth-order valence-corrected chi connectivity index (χ4v) is 3.88. The lowest BCUT2D eigenvalue weighted by molar-refractivity contribution is -0.0712. The average molecular weight is 259 g/mol. The molecule has 0 spiro atoms. The molecule has 0 amide bonds. The van der Waals surface area contributed by atoms with Crippen molar-refractivity contribution in [1.82, 2.24) is 0 Å². The van der Waals surface area contributed by atoms with E-state index in [0.717, 1.165) is 6.42 Å². The highest BCUT2D eigenvalue weighted by Gasteiger charge is 2.31. The summed E-state index contributed by atoms with van der Waals surface area (Å²) in [4.78, 5) is 0. The smallest absolute Gasteiger partial charge is 0.158 e. The van der Waals surface area contributed by atoms with Crippen LogP contribution in [0.5, 0.6) is 0 Å². The van der Waals surface area contributed by atoms with Gasteiger partial charge in [-0.25, -0.2) is 8.42 Å². The van der Waals surface area contributed by atoms with Crippen molar-refractivity contribution in [1.29, 1.82) is 5.26 Å². The molecule has 2 fully saturated rings. The van der Waals surface area contributed by atoms with E-state index in [1.165, 1.54) is 0 Å². The number of rotatable bonds is 3. The van der Waals surface area contributed by atoms with Crippen molar-refractivity contribution in [2.24, 2.45) is 5.92 Å². The maximum atomic E-state index is 11.3. The first-order chi connectivity index (χ1) is 8.09. The zero-order valence-corrected chi connectivity index (χ0v) is 10.5. The summed E-state index contributed by atoms with van der Waals surface area (Å²) in [5.74, 6) is 0.933. The van der Waals surface area contributed by atoms with Gasteiger partial charge in [-0.3, -0.25) is 0 Å². The van der Waals surface area contributed by atoms with Gasteiger partial charge < -0.3 is 9.47 Å². The Kier molecular flexibility index (Phi) is 4.02. The highest BCUT2D eigenvalue weighted by molar-refractivity contribution is 7.91. The number of hydrogen-bond acceptors (Lipinski definition) is 5. The van der Waals surface area contributed by atoms with Crippen LogP contribution in [-0.2, 0) is 19.3 Å². The van der Waals surface area contributed by atoms with Gasteiger partial charge in [0.2, 0.25) is 0 Å². The summed E-state index contributed by atoms with van der Waals surface area (Å²) in [5, 5.41) is 8.54. The van der Waals surface area contributed by atoms with E-state index in [1.54, 1.807) is 0 Å². The number of hydrogen-bond donors (Lipinski definition) is 0. The number of nitrogens with zero attached hydrogens (tertiary/aromatic N) is 1. The van der Waals surface area contributed by atoms with Gasteiger partial charge in [-0.1, -0.05) is 0 Å². The van der Waals surface area contributed by atoms with E-state index in [0.29, 0.717) is 31.8 Å². The van der Waals surface area contributed by atoms with Crippen LogP contribution in [0.15, 0.2) is 0 Å². The quantitative estimate of drug-likeness (QED) is 0.751.